The van der Waals surface area contributed by atoms with E-state index in [4.69, 9.17) is 11.1 Å². The highest BCUT2D eigenvalue weighted by Gasteiger charge is 2.03. The van der Waals surface area contributed by atoms with Crippen molar-refractivity contribution >= 4 is 33.5 Å². The van der Waals surface area contributed by atoms with Crippen LogP contribution in [0.1, 0.15) is 31.7 Å². The van der Waals surface area contributed by atoms with Gasteiger partial charge in [0.05, 0.1) is 0 Å². The lowest BCUT2D eigenvalue weighted by Crippen LogP contribution is -2.10. The molecule has 0 aromatic heterocycles. The van der Waals surface area contributed by atoms with E-state index in [1.165, 1.54) is 24.2 Å². The second-order valence-corrected chi connectivity index (χ2v) is 5.61. The molecule has 2 nitrogen and oxygen atoms in total. The van der Waals surface area contributed by atoms with Crippen LogP contribution in [0, 0.1) is 5.41 Å². The normalized spacial score (nSPS) is 10.4. The van der Waals surface area contributed by atoms with Crippen LogP contribution in [0.2, 0.25) is 0 Å². The molecule has 0 amide bonds. The van der Waals surface area contributed by atoms with Crippen LogP contribution >= 0.6 is 27.7 Å². The summed E-state index contributed by atoms with van der Waals surface area (Å²) >= 11 is 5.36. The first kappa shape index (κ1) is 13.6. The van der Waals surface area contributed by atoms with Crippen molar-refractivity contribution in [2.24, 2.45) is 5.73 Å². The van der Waals surface area contributed by atoms with Crippen LogP contribution in [0.4, 0.5) is 0 Å². The number of nitrogen functional groups attached to an aromatic ring is 1. The van der Waals surface area contributed by atoms with Gasteiger partial charge in [-0.05, 0) is 40.2 Å². The summed E-state index contributed by atoms with van der Waals surface area (Å²) in [5.74, 6) is 1.26. The van der Waals surface area contributed by atoms with Crippen molar-refractivity contribution in [2.45, 2.75) is 31.1 Å². The Morgan fingerprint density at radius 1 is 1.44 bits per heavy atom. The molecule has 3 N–H and O–H groups in total. The maximum Gasteiger partial charge on any atom is 0.122 e. The van der Waals surface area contributed by atoms with E-state index < -0.39 is 0 Å². The molecule has 0 aliphatic carbocycles. The van der Waals surface area contributed by atoms with Gasteiger partial charge in [-0.3, -0.25) is 5.41 Å². The van der Waals surface area contributed by atoms with Crippen molar-refractivity contribution in [3.8, 4) is 0 Å². The quantitative estimate of drug-likeness (QED) is 0.361. The van der Waals surface area contributed by atoms with Crippen molar-refractivity contribution in [1.29, 1.82) is 5.41 Å². The van der Waals surface area contributed by atoms with Crippen LogP contribution in [-0.2, 0) is 0 Å². The van der Waals surface area contributed by atoms with E-state index in [2.05, 4.69) is 22.9 Å². The molecule has 0 fully saturated rings. The largest absolute Gasteiger partial charge is 0.384 e. The Morgan fingerprint density at radius 3 is 2.75 bits per heavy atom. The molecule has 0 heterocycles. The average molecular weight is 301 g/mol. The van der Waals surface area contributed by atoms with E-state index in [9.17, 15) is 0 Å². The summed E-state index contributed by atoms with van der Waals surface area (Å²) in [5.41, 5.74) is 6.20. The maximum atomic E-state index is 7.35. The molecule has 88 valence electrons. The van der Waals surface area contributed by atoms with Gasteiger partial charge in [0, 0.05) is 14.9 Å². The highest BCUT2D eigenvalue weighted by atomic mass is 79.9. The van der Waals surface area contributed by atoms with Crippen LogP contribution in [0.25, 0.3) is 0 Å². The monoisotopic (exact) mass is 300 g/mol. The zero-order chi connectivity index (χ0) is 12.0. The van der Waals surface area contributed by atoms with Crippen LogP contribution in [0.3, 0.4) is 0 Å². The second kappa shape index (κ2) is 6.97. The molecule has 0 aliphatic heterocycles. The Balaban J connectivity index is 2.57. The summed E-state index contributed by atoms with van der Waals surface area (Å²) in [7, 11) is 0. The number of hydrogen-bond acceptors (Lipinski definition) is 2. The fourth-order valence-corrected chi connectivity index (χ4v) is 2.97. The number of hydrogen-bond donors (Lipinski definition) is 2. The van der Waals surface area contributed by atoms with Gasteiger partial charge in [-0.25, -0.2) is 0 Å². The van der Waals surface area contributed by atoms with Gasteiger partial charge in [0.25, 0.3) is 0 Å². The first-order valence-electron chi connectivity index (χ1n) is 5.42. The van der Waals surface area contributed by atoms with Crippen LogP contribution in [0.15, 0.2) is 27.6 Å². The molecule has 0 saturated heterocycles. The molecular formula is C12H17BrN2S. The van der Waals surface area contributed by atoms with Gasteiger partial charge in [-0.1, -0.05) is 25.8 Å². The standard InChI is InChI=1S/C12H17BrN2S/c1-2-3-4-7-16-11-6-5-9(12(14)15)8-10(11)13/h5-6,8H,2-4,7H2,1H3,(H3,14,15). The van der Waals surface area contributed by atoms with Crippen molar-refractivity contribution in [3.05, 3.63) is 28.2 Å². The Kier molecular flexibility index (Phi) is 5.91. The molecule has 0 saturated carbocycles. The van der Waals surface area contributed by atoms with Crippen LogP contribution < -0.4 is 5.73 Å². The molecule has 1 aromatic rings. The molecule has 0 unspecified atom stereocenters. The van der Waals surface area contributed by atoms with E-state index in [0.717, 1.165) is 15.8 Å². The average Bonchev–Trinajstić information content (AvgIpc) is 2.26. The Bertz CT molecular complexity index is 366. The molecular weight excluding hydrogens is 284 g/mol. The zero-order valence-corrected chi connectivity index (χ0v) is 11.8. The van der Waals surface area contributed by atoms with Gasteiger partial charge < -0.3 is 5.73 Å². The number of halogens is 1. The van der Waals surface area contributed by atoms with Gasteiger partial charge in [-0.2, -0.15) is 0 Å². The Morgan fingerprint density at radius 2 is 2.19 bits per heavy atom. The summed E-state index contributed by atoms with van der Waals surface area (Å²) < 4.78 is 1.03. The van der Waals surface area contributed by atoms with Gasteiger partial charge >= 0.3 is 0 Å². The number of amidine groups is 1. The summed E-state index contributed by atoms with van der Waals surface area (Å²) in [4.78, 5) is 1.22. The molecule has 1 aromatic carbocycles. The lowest BCUT2D eigenvalue weighted by molar-refractivity contribution is 0.778. The molecule has 0 bridgehead atoms. The molecule has 1 rings (SSSR count). The summed E-state index contributed by atoms with van der Waals surface area (Å²) in [6.07, 6.45) is 3.79. The summed E-state index contributed by atoms with van der Waals surface area (Å²) in [5, 5.41) is 7.35. The molecule has 16 heavy (non-hydrogen) atoms. The third-order valence-corrected chi connectivity index (χ3v) is 4.33. The molecule has 0 atom stereocenters. The minimum absolute atomic E-state index is 0.114. The lowest BCUT2D eigenvalue weighted by atomic mass is 10.2. The van der Waals surface area contributed by atoms with Crippen LogP contribution in [0.5, 0.6) is 0 Å². The number of nitrogens with one attached hydrogen (secondary N) is 1. The van der Waals surface area contributed by atoms with E-state index in [1.54, 1.807) is 0 Å². The number of nitrogens with two attached hydrogens (primary N) is 1. The van der Waals surface area contributed by atoms with Gasteiger partial charge in [-0.15, -0.1) is 11.8 Å². The molecule has 0 aliphatic rings. The fourth-order valence-electron chi connectivity index (χ4n) is 1.32. The first-order chi connectivity index (χ1) is 7.65. The smallest absolute Gasteiger partial charge is 0.122 e. The molecule has 0 spiro atoms. The highest BCUT2D eigenvalue weighted by molar-refractivity contribution is 9.10. The van der Waals surface area contributed by atoms with Crippen molar-refractivity contribution in [3.63, 3.8) is 0 Å². The topological polar surface area (TPSA) is 49.9 Å². The summed E-state index contributed by atoms with van der Waals surface area (Å²) in [6.45, 7) is 2.21. The van der Waals surface area contributed by atoms with Gasteiger partial charge in [0.2, 0.25) is 0 Å². The van der Waals surface area contributed by atoms with Gasteiger partial charge in [0.1, 0.15) is 5.84 Å². The SMILES string of the molecule is CCCCCSc1ccc(C(=N)N)cc1Br. The van der Waals surface area contributed by atoms with E-state index in [-0.39, 0.29) is 5.84 Å². The van der Waals surface area contributed by atoms with Crippen molar-refractivity contribution < 1.29 is 0 Å². The second-order valence-electron chi connectivity index (χ2n) is 3.61. The zero-order valence-electron chi connectivity index (χ0n) is 9.42. The minimum Gasteiger partial charge on any atom is -0.384 e. The lowest BCUT2D eigenvalue weighted by Gasteiger charge is -2.06. The first-order valence-corrected chi connectivity index (χ1v) is 7.19. The number of thioether (sulfide) groups is 1. The Hall–Kier alpha value is -0.480. The third kappa shape index (κ3) is 4.18. The summed E-state index contributed by atoms with van der Waals surface area (Å²) in [6, 6.07) is 5.83. The highest BCUT2D eigenvalue weighted by Crippen LogP contribution is 2.29. The third-order valence-electron chi connectivity index (χ3n) is 2.25. The predicted molar refractivity (Wildman–Crippen MR) is 75.4 cm³/mol. The predicted octanol–water partition coefficient (Wildman–Crippen LogP) is 4.02. The number of benzene rings is 1. The van der Waals surface area contributed by atoms with E-state index in [1.807, 2.05) is 30.0 Å². The maximum absolute atomic E-state index is 7.35. The van der Waals surface area contributed by atoms with E-state index >= 15 is 0 Å². The van der Waals surface area contributed by atoms with Gasteiger partial charge in [0.15, 0.2) is 0 Å². The van der Waals surface area contributed by atoms with Crippen molar-refractivity contribution in [1.82, 2.24) is 0 Å². The number of rotatable bonds is 6. The van der Waals surface area contributed by atoms with Crippen molar-refractivity contribution in [2.75, 3.05) is 5.75 Å². The van der Waals surface area contributed by atoms with Crippen LogP contribution in [-0.4, -0.2) is 11.6 Å². The fraction of sp³-hybridized carbons (Fsp3) is 0.417. The molecule has 0 radical (unpaired) electrons. The number of unbranched alkanes of at least 4 members (excludes halogenated alkanes) is 2. The van der Waals surface area contributed by atoms with E-state index in [0.29, 0.717) is 0 Å². The minimum atomic E-state index is 0.114. The molecule has 4 heteroatoms. The Labute approximate surface area is 110 Å².